The molecule has 1 N–H and O–H groups in total. The van der Waals surface area contributed by atoms with Crippen molar-refractivity contribution in [3.05, 3.63) is 70.9 Å². The van der Waals surface area contributed by atoms with Gasteiger partial charge >= 0.3 is 0 Å². The second kappa shape index (κ2) is 5.81. The van der Waals surface area contributed by atoms with Crippen LogP contribution in [0.3, 0.4) is 0 Å². The highest BCUT2D eigenvalue weighted by molar-refractivity contribution is 7.10. The van der Waals surface area contributed by atoms with E-state index in [9.17, 15) is 5.11 Å². The molecule has 1 aromatic carbocycles. The normalized spacial score (nSPS) is 13.9. The molecule has 0 bridgehead atoms. The van der Waals surface area contributed by atoms with Crippen molar-refractivity contribution in [2.24, 2.45) is 0 Å². The fourth-order valence-electron chi connectivity index (χ4n) is 2.82. The summed E-state index contributed by atoms with van der Waals surface area (Å²) in [5.74, 6) is 0. The molecular formula is C18H16N4OS. The molecule has 0 spiro atoms. The molecule has 0 saturated heterocycles. The van der Waals surface area contributed by atoms with Gasteiger partial charge in [0.25, 0.3) is 0 Å². The van der Waals surface area contributed by atoms with Crippen LogP contribution in [0.5, 0.6) is 0 Å². The number of hydrogen-bond donors (Lipinski definition) is 1. The zero-order chi connectivity index (χ0) is 16.6. The van der Waals surface area contributed by atoms with Gasteiger partial charge in [0, 0.05) is 29.1 Å². The van der Waals surface area contributed by atoms with Crippen LogP contribution in [-0.2, 0) is 12.0 Å². The highest BCUT2D eigenvalue weighted by atomic mass is 32.1. The van der Waals surface area contributed by atoms with E-state index in [1.807, 2.05) is 54.2 Å². The van der Waals surface area contributed by atoms with Crippen LogP contribution in [-0.4, -0.2) is 25.1 Å². The molecule has 0 aliphatic heterocycles. The molecule has 0 fully saturated rings. The van der Waals surface area contributed by atoms with Crippen LogP contribution in [0.1, 0.15) is 17.5 Å². The van der Waals surface area contributed by atoms with Gasteiger partial charge in [-0.3, -0.25) is 4.98 Å². The third-order valence-corrected chi connectivity index (χ3v) is 5.15. The minimum atomic E-state index is -0.949. The van der Waals surface area contributed by atoms with E-state index in [1.54, 1.807) is 29.1 Å². The van der Waals surface area contributed by atoms with Crippen molar-refractivity contribution in [1.29, 1.82) is 0 Å². The largest absolute Gasteiger partial charge is 0.384 e. The molecule has 0 amide bonds. The second-order valence-electron chi connectivity index (χ2n) is 5.96. The Bertz CT molecular complexity index is 970. The van der Waals surface area contributed by atoms with Gasteiger partial charge in [0.2, 0.25) is 0 Å². The van der Waals surface area contributed by atoms with Gasteiger partial charge in [-0.15, -0.1) is 16.4 Å². The first-order valence-electron chi connectivity index (χ1n) is 7.64. The molecule has 3 heterocycles. The zero-order valence-electron chi connectivity index (χ0n) is 13.1. The number of thiophene rings is 1. The maximum Gasteiger partial charge on any atom is 0.102 e. The number of pyridine rings is 1. The fraction of sp³-hybridized carbons (Fsp3) is 0.167. The number of rotatable bonds is 4. The van der Waals surface area contributed by atoms with E-state index in [2.05, 4.69) is 15.3 Å². The minimum Gasteiger partial charge on any atom is -0.384 e. The average Bonchev–Trinajstić information content (AvgIpc) is 3.26. The molecule has 24 heavy (non-hydrogen) atoms. The Morgan fingerprint density at radius 3 is 2.96 bits per heavy atom. The Hall–Kier alpha value is -2.57. The van der Waals surface area contributed by atoms with Crippen molar-refractivity contribution >= 4 is 22.1 Å². The summed E-state index contributed by atoms with van der Waals surface area (Å²) >= 11 is 1.54. The van der Waals surface area contributed by atoms with Gasteiger partial charge in [-0.2, -0.15) is 0 Å². The van der Waals surface area contributed by atoms with E-state index < -0.39 is 5.60 Å². The van der Waals surface area contributed by atoms with Crippen LogP contribution in [0.25, 0.3) is 16.5 Å². The predicted octanol–water partition coefficient (Wildman–Crippen LogP) is 3.33. The highest BCUT2D eigenvalue weighted by Gasteiger charge is 2.26. The molecule has 1 unspecified atom stereocenters. The quantitative estimate of drug-likeness (QED) is 0.621. The van der Waals surface area contributed by atoms with Gasteiger partial charge in [0.1, 0.15) is 5.60 Å². The summed E-state index contributed by atoms with van der Waals surface area (Å²) < 4.78 is 1.74. The van der Waals surface area contributed by atoms with E-state index in [4.69, 9.17) is 0 Å². The summed E-state index contributed by atoms with van der Waals surface area (Å²) in [4.78, 5) is 5.12. The van der Waals surface area contributed by atoms with Crippen LogP contribution >= 0.6 is 11.3 Å². The Morgan fingerprint density at radius 1 is 1.21 bits per heavy atom. The van der Waals surface area contributed by atoms with Crippen LogP contribution in [0, 0.1) is 0 Å². The summed E-state index contributed by atoms with van der Waals surface area (Å²) in [6.07, 6.45) is 5.88. The molecule has 0 aliphatic carbocycles. The Balaban J connectivity index is 1.68. The molecule has 4 aromatic rings. The zero-order valence-corrected chi connectivity index (χ0v) is 13.9. The maximum atomic E-state index is 10.7. The minimum absolute atomic E-state index is 0.413. The van der Waals surface area contributed by atoms with Crippen LogP contribution in [0.2, 0.25) is 0 Å². The summed E-state index contributed by atoms with van der Waals surface area (Å²) in [6.45, 7) is 1.81. The van der Waals surface area contributed by atoms with E-state index >= 15 is 0 Å². The number of nitrogens with zero attached hydrogens (tertiary/aromatic N) is 4. The summed E-state index contributed by atoms with van der Waals surface area (Å²) in [7, 11) is 0. The van der Waals surface area contributed by atoms with Crippen LogP contribution in [0.4, 0.5) is 0 Å². The summed E-state index contributed by atoms with van der Waals surface area (Å²) in [5, 5.41) is 23.2. The molecule has 4 rings (SSSR count). The first kappa shape index (κ1) is 15.0. The Labute approximate surface area is 143 Å². The number of hydrogen-bond acceptors (Lipinski definition) is 5. The van der Waals surface area contributed by atoms with Gasteiger partial charge in [-0.1, -0.05) is 23.4 Å². The lowest BCUT2D eigenvalue weighted by Crippen LogP contribution is -2.23. The van der Waals surface area contributed by atoms with Crippen molar-refractivity contribution in [2.45, 2.75) is 18.9 Å². The van der Waals surface area contributed by atoms with E-state index in [1.165, 1.54) is 0 Å². The third-order valence-electron chi connectivity index (χ3n) is 4.03. The Morgan fingerprint density at radius 2 is 2.12 bits per heavy atom. The highest BCUT2D eigenvalue weighted by Crippen LogP contribution is 2.28. The lowest BCUT2D eigenvalue weighted by Gasteiger charge is -2.20. The van der Waals surface area contributed by atoms with Crippen molar-refractivity contribution in [2.75, 3.05) is 0 Å². The molecule has 1 atom stereocenters. The van der Waals surface area contributed by atoms with Crippen molar-refractivity contribution in [3.8, 4) is 5.69 Å². The lowest BCUT2D eigenvalue weighted by atomic mass is 9.99. The van der Waals surface area contributed by atoms with E-state index in [0.29, 0.717) is 6.42 Å². The SMILES string of the molecule is CC(O)(Cc1cn(-c2cccc3ccncc23)nn1)c1cccs1. The van der Waals surface area contributed by atoms with Crippen molar-refractivity contribution < 1.29 is 5.11 Å². The van der Waals surface area contributed by atoms with Gasteiger partial charge in [0.15, 0.2) is 0 Å². The van der Waals surface area contributed by atoms with Gasteiger partial charge < -0.3 is 5.11 Å². The molecule has 5 nitrogen and oxygen atoms in total. The number of benzene rings is 1. The molecule has 6 heteroatoms. The maximum absolute atomic E-state index is 10.7. The van der Waals surface area contributed by atoms with Gasteiger partial charge in [0.05, 0.1) is 17.6 Å². The predicted molar refractivity (Wildman–Crippen MR) is 94.3 cm³/mol. The van der Waals surface area contributed by atoms with Gasteiger partial charge in [-0.05, 0) is 35.9 Å². The molecule has 3 aromatic heterocycles. The number of fused-ring (bicyclic) bond motifs is 1. The smallest absolute Gasteiger partial charge is 0.102 e. The van der Waals surface area contributed by atoms with Crippen LogP contribution < -0.4 is 0 Å². The molecule has 0 radical (unpaired) electrons. The van der Waals surface area contributed by atoms with Crippen molar-refractivity contribution in [1.82, 2.24) is 20.0 Å². The number of aliphatic hydroxyl groups is 1. The molecule has 0 aliphatic rings. The topological polar surface area (TPSA) is 63.8 Å². The third kappa shape index (κ3) is 2.70. The monoisotopic (exact) mass is 336 g/mol. The first-order chi connectivity index (χ1) is 11.6. The van der Waals surface area contributed by atoms with Crippen LogP contribution in [0.15, 0.2) is 60.4 Å². The van der Waals surface area contributed by atoms with E-state index in [0.717, 1.165) is 27.0 Å². The first-order valence-corrected chi connectivity index (χ1v) is 8.52. The molecule has 0 saturated carbocycles. The summed E-state index contributed by atoms with van der Waals surface area (Å²) in [6, 6.07) is 11.9. The van der Waals surface area contributed by atoms with Gasteiger partial charge in [-0.25, -0.2) is 4.68 Å². The lowest BCUT2D eigenvalue weighted by molar-refractivity contribution is 0.0604. The molecule has 120 valence electrons. The van der Waals surface area contributed by atoms with Crippen molar-refractivity contribution in [3.63, 3.8) is 0 Å². The average molecular weight is 336 g/mol. The Kier molecular flexibility index (Phi) is 3.63. The van der Waals surface area contributed by atoms with E-state index in [-0.39, 0.29) is 0 Å². The second-order valence-corrected chi connectivity index (χ2v) is 6.90. The standard InChI is InChI=1S/C18H16N4OS/c1-18(23,17-6-3-9-24-17)10-14-12-22(21-20-14)16-5-2-4-13-7-8-19-11-15(13)16/h2-9,11-12,23H,10H2,1H3. The summed E-state index contributed by atoms with van der Waals surface area (Å²) in [5.41, 5.74) is 0.722. The molecular weight excluding hydrogens is 320 g/mol. The number of aromatic nitrogens is 4. The fourth-order valence-corrected chi connectivity index (χ4v) is 3.61.